The summed E-state index contributed by atoms with van der Waals surface area (Å²) in [5, 5.41) is 5.46. The molecule has 2 amide bonds. The van der Waals surface area contributed by atoms with Gasteiger partial charge in [0.15, 0.2) is 5.11 Å². The summed E-state index contributed by atoms with van der Waals surface area (Å²) in [5.74, 6) is -1.01. The van der Waals surface area contributed by atoms with Gasteiger partial charge in [-0.3, -0.25) is 19.8 Å². The summed E-state index contributed by atoms with van der Waals surface area (Å²) in [4.78, 5) is 27.7. The molecule has 0 atom stereocenters. The summed E-state index contributed by atoms with van der Waals surface area (Å²) in [7, 11) is 0. The van der Waals surface area contributed by atoms with Crippen molar-refractivity contribution < 1.29 is 9.59 Å². The van der Waals surface area contributed by atoms with Gasteiger partial charge in [0, 0.05) is 21.8 Å². The second-order valence-corrected chi connectivity index (χ2v) is 9.30. The Bertz CT molecular complexity index is 1580. The predicted octanol–water partition coefficient (Wildman–Crippen LogP) is 6.04. The minimum Gasteiger partial charge on any atom is -0.317 e. The van der Waals surface area contributed by atoms with Gasteiger partial charge in [0.2, 0.25) is 0 Å². The number of hydrogen-bond donors (Lipinski definition) is 1. The van der Waals surface area contributed by atoms with Crippen LogP contribution in [0.5, 0.6) is 0 Å². The first-order valence-corrected chi connectivity index (χ1v) is 11.9. The topological polar surface area (TPSA) is 54.3 Å². The van der Waals surface area contributed by atoms with Crippen LogP contribution in [0.2, 0.25) is 5.02 Å². The van der Waals surface area contributed by atoms with Crippen LogP contribution >= 0.6 is 23.8 Å². The maximum Gasteiger partial charge on any atom is 0.270 e. The number of carbonyl (C=O) groups is 2. The van der Waals surface area contributed by atoms with Crippen LogP contribution in [0.3, 0.4) is 0 Å². The molecule has 5 nitrogen and oxygen atoms in total. The molecule has 0 unspecified atom stereocenters. The minimum atomic E-state index is -0.522. The van der Waals surface area contributed by atoms with Gasteiger partial charge in [-0.1, -0.05) is 54.1 Å². The lowest BCUT2D eigenvalue weighted by Crippen LogP contribution is -2.54. The van der Waals surface area contributed by atoms with Crippen molar-refractivity contribution >= 4 is 63.3 Å². The van der Waals surface area contributed by atoms with Crippen molar-refractivity contribution in [3.05, 3.63) is 99.8 Å². The normalized spacial score (nSPS) is 15.3. The summed E-state index contributed by atoms with van der Waals surface area (Å²) in [6.07, 6.45) is 1.64. The van der Waals surface area contributed by atoms with E-state index in [-0.39, 0.29) is 10.7 Å². The van der Waals surface area contributed by atoms with Crippen LogP contribution in [-0.2, 0) is 9.59 Å². The third-order valence-electron chi connectivity index (χ3n) is 6.36. The number of amides is 2. The van der Waals surface area contributed by atoms with E-state index < -0.39 is 11.8 Å². The molecule has 174 valence electrons. The van der Waals surface area contributed by atoms with Crippen molar-refractivity contribution in [3.63, 3.8) is 0 Å². The number of nitrogens with zero attached hydrogens (tertiary/aromatic N) is 2. The smallest absolute Gasteiger partial charge is 0.270 e. The standard InChI is InChI=1S/C28H22ClN3O2S/c1-16-14-20(18(3)31(16)25-13-6-9-19-8-4-5-10-21(19)25)15-22-26(33)30-28(35)32(27(22)34)24-12-7-11-23(29)17(24)2/h4-15H,1-3H3,(H,30,33,35)/b22-15+. The fraction of sp³-hybridized carbons (Fsp3) is 0.107. The number of fused-ring (bicyclic) bond motifs is 1. The highest BCUT2D eigenvalue weighted by molar-refractivity contribution is 7.80. The molecule has 0 radical (unpaired) electrons. The number of halogens is 1. The van der Waals surface area contributed by atoms with Crippen molar-refractivity contribution in [2.75, 3.05) is 4.90 Å². The molecular weight excluding hydrogens is 478 g/mol. The fourth-order valence-corrected chi connectivity index (χ4v) is 5.02. The number of hydrogen-bond acceptors (Lipinski definition) is 3. The van der Waals surface area contributed by atoms with E-state index in [2.05, 4.69) is 34.1 Å². The Balaban J connectivity index is 1.61. The quantitative estimate of drug-likeness (QED) is 0.212. The Labute approximate surface area is 213 Å². The number of anilines is 1. The second-order valence-electron chi connectivity index (χ2n) is 8.50. The van der Waals surface area contributed by atoms with E-state index in [1.54, 1.807) is 24.3 Å². The van der Waals surface area contributed by atoms with Gasteiger partial charge < -0.3 is 4.57 Å². The van der Waals surface area contributed by atoms with Crippen LogP contribution in [0.4, 0.5) is 5.69 Å². The van der Waals surface area contributed by atoms with Crippen LogP contribution in [-0.4, -0.2) is 21.5 Å². The molecule has 3 aromatic carbocycles. The third kappa shape index (κ3) is 3.85. The maximum absolute atomic E-state index is 13.5. The Kier molecular flexibility index (Phi) is 5.79. The number of carbonyl (C=O) groups excluding carboxylic acids is 2. The predicted molar refractivity (Wildman–Crippen MR) is 145 cm³/mol. The largest absolute Gasteiger partial charge is 0.317 e. The first kappa shape index (κ1) is 23.0. The molecule has 1 aliphatic rings. The lowest BCUT2D eigenvalue weighted by molar-refractivity contribution is -0.122. The molecule has 35 heavy (non-hydrogen) atoms. The summed E-state index contributed by atoms with van der Waals surface area (Å²) < 4.78 is 2.14. The van der Waals surface area contributed by atoms with Gasteiger partial charge in [-0.05, 0) is 79.8 Å². The second kappa shape index (κ2) is 8.80. The molecule has 1 fully saturated rings. The highest BCUT2D eigenvalue weighted by Crippen LogP contribution is 2.31. The first-order chi connectivity index (χ1) is 16.8. The van der Waals surface area contributed by atoms with E-state index in [1.807, 2.05) is 45.0 Å². The number of aromatic nitrogens is 1. The molecule has 5 rings (SSSR count). The third-order valence-corrected chi connectivity index (χ3v) is 7.05. The molecule has 1 saturated heterocycles. The van der Waals surface area contributed by atoms with Crippen molar-refractivity contribution in [1.82, 2.24) is 9.88 Å². The summed E-state index contributed by atoms with van der Waals surface area (Å²) in [6, 6.07) is 21.6. The molecule has 0 bridgehead atoms. The number of nitrogens with one attached hydrogen (secondary N) is 1. The van der Waals surface area contributed by atoms with E-state index in [9.17, 15) is 9.59 Å². The SMILES string of the molecule is Cc1c(Cl)cccc1N1C(=O)/C(=C/c2cc(C)n(-c3cccc4ccccc34)c2C)C(=O)NC1=S. The zero-order valence-electron chi connectivity index (χ0n) is 19.4. The fourth-order valence-electron chi connectivity index (χ4n) is 4.58. The number of rotatable bonds is 3. The molecule has 7 heteroatoms. The molecule has 0 spiro atoms. The van der Waals surface area contributed by atoms with Gasteiger partial charge in [-0.25, -0.2) is 0 Å². The summed E-state index contributed by atoms with van der Waals surface area (Å²) in [5.41, 5.74) is 4.99. The number of benzene rings is 3. The average Bonchev–Trinajstić information content (AvgIpc) is 3.11. The van der Waals surface area contributed by atoms with Crippen LogP contribution in [0, 0.1) is 20.8 Å². The number of aryl methyl sites for hydroxylation is 1. The Hall–Kier alpha value is -3.74. The van der Waals surface area contributed by atoms with E-state index in [0.29, 0.717) is 16.3 Å². The zero-order valence-corrected chi connectivity index (χ0v) is 21.0. The first-order valence-electron chi connectivity index (χ1n) is 11.1. The van der Waals surface area contributed by atoms with Gasteiger partial charge in [0.25, 0.3) is 11.8 Å². The molecule has 1 N–H and O–H groups in total. The lowest BCUT2D eigenvalue weighted by Gasteiger charge is -2.30. The molecule has 1 aliphatic heterocycles. The van der Waals surface area contributed by atoms with Crippen molar-refractivity contribution in [2.24, 2.45) is 0 Å². The molecule has 2 heterocycles. The van der Waals surface area contributed by atoms with Crippen molar-refractivity contribution in [3.8, 4) is 5.69 Å². The summed E-state index contributed by atoms with van der Waals surface area (Å²) >= 11 is 11.6. The number of thiocarbonyl (C=S) groups is 1. The van der Waals surface area contributed by atoms with Crippen molar-refractivity contribution in [2.45, 2.75) is 20.8 Å². The molecule has 1 aromatic heterocycles. The lowest BCUT2D eigenvalue weighted by atomic mass is 10.1. The van der Waals surface area contributed by atoms with Gasteiger partial charge in [-0.2, -0.15) is 0 Å². The monoisotopic (exact) mass is 499 g/mol. The Morgan fingerprint density at radius 3 is 2.40 bits per heavy atom. The molecule has 4 aromatic rings. The minimum absolute atomic E-state index is 0.0103. The molecule has 0 saturated carbocycles. The highest BCUT2D eigenvalue weighted by Gasteiger charge is 2.35. The van der Waals surface area contributed by atoms with Gasteiger partial charge in [0.05, 0.1) is 11.4 Å². The van der Waals surface area contributed by atoms with Crippen LogP contribution in [0.1, 0.15) is 22.5 Å². The van der Waals surface area contributed by atoms with E-state index in [1.165, 1.54) is 4.90 Å². The van der Waals surface area contributed by atoms with Crippen LogP contribution in [0.15, 0.2) is 72.3 Å². The van der Waals surface area contributed by atoms with Crippen LogP contribution < -0.4 is 10.2 Å². The van der Waals surface area contributed by atoms with E-state index in [0.717, 1.165) is 33.4 Å². The highest BCUT2D eigenvalue weighted by atomic mass is 35.5. The Morgan fingerprint density at radius 1 is 0.914 bits per heavy atom. The zero-order chi connectivity index (χ0) is 24.9. The molecule has 0 aliphatic carbocycles. The van der Waals surface area contributed by atoms with Gasteiger partial charge in [-0.15, -0.1) is 0 Å². The van der Waals surface area contributed by atoms with E-state index in [4.69, 9.17) is 23.8 Å². The van der Waals surface area contributed by atoms with Crippen molar-refractivity contribution in [1.29, 1.82) is 0 Å². The molecular formula is C28H22ClN3O2S. The summed E-state index contributed by atoms with van der Waals surface area (Å²) in [6.45, 7) is 5.80. The maximum atomic E-state index is 13.5. The Morgan fingerprint density at radius 2 is 1.60 bits per heavy atom. The van der Waals surface area contributed by atoms with Gasteiger partial charge >= 0.3 is 0 Å². The van der Waals surface area contributed by atoms with E-state index >= 15 is 0 Å². The van der Waals surface area contributed by atoms with Crippen LogP contribution in [0.25, 0.3) is 22.5 Å². The average molecular weight is 500 g/mol. The van der Waals surface area contributed by atoms with Gasteiger partial charge in [0.1, 0.15) is 5.57 Å².